The molecule has 23 heavy (non-hydrogen) atoms. The molecule has 6 heteroatoms. The van der Waals surface area contributed by atoms with Crippen LogP contribution in [0.4, 0.5) is 0 Å². The minimum atomic E-state index is 0.246. The molecule has 0 N–H and O–H groups in total. The number of piperidine rings is 1. The Morgan fingerprint density at radius 3 is 2.87 bits per heavy atom. The molecule has 0 bridgehead atoms. The number of hydrogen-bond donors (Lipinski definition) is 0. The van der Waals surface area contributed by atoms with Gasteiger partial charge in [0.15, 0.2) is 5.65 Å². The van der Waals surface area contributed by atoms with Gasteiger partial charge in [0.25, 0.3) is 0 Å². The van der Waals surface area contributed by atoms with E-state index in [1.165, 1.54) is 5.71 Å². The van der Waals surface area contributed by atoms with E-state index in [1.54, 1.807) is 0 Å². The quantitative estimate of drug-likeness (QED) is 0.870. The van der Waals surface area contributed by atoms with Crippen molar-refractivity contribution < 1.29 is 4.84 Å². The predicted octanol–water partition coefficient (Wildman–Crippen LogP) is 2.46. The van der Waals surface area contributed by atoms with E-state index in [0.29, 0.717) is 5.92 Å². The third kappa shape index (κ3) is 2.95. The second kappa shape index (κ2) is 6.28. The number of likely N-dealkylation sites (tertiary alicyclic amines) is 1. The van der Waals surface area contributed by atoms with Crippen LogP contribution in [0.1, 0.15) is 44.3 Å². The average molecular weight is 313 g/mol. The lowest BCUT2D eigenvalue weighted by molar-refractivity contribution is 0.0451. The van der Waals surface area contributed by atoms with Crippen LogP contribution in [-0.4, -0.2) is 50.9 Å². The number of fused-ring (bicyclic) bond motifs is 1. The Labute approximate surface area is 136 Å². The summed E-state index contributed by atoms with van der Waals surface area (Å²) < 4.78 is 2.13. The maximum absolute atomic E-state index is 5.54. The lowest BCUT2D eigenvalue weighted by atomic mass is 9.95. The Kier molecular flexibility index (Phi) is 3.99. The van der Waals surface area contributed by atoms with Crippen molar-refractivity contribution in [3.05, 3.63) is 30.2 Å². The summed E-state index contributed by atoms with van der Waals surface area (Å²) >= 11 is 0. The molecular formula is C17H23N5O. The number of aromatic nitrogens is 3. The second-order valence-electron chi connectivity index (χ2n) is 6.50. The van der Waals surface area contributed by atoms with Gasteiger partial charge in [-0.1, -0.05) is 18.1 Å². The third-order valence-corrected chi connectivity index (χ3v) is 4.96. The number of pyridine rings is 1. The highest BCUT2D eigenvalue weighted by Gasteiger charge is 2.28. The highest BCUT2D eigenvalue weighted by Crippen LogP contribution is 2.27. The number of hydrogen-bond acceptors (Lipinski definition) is 5. The van der Waals surface area contributed by atoms with E-state index in [9.17, 15) is 0 Å². The first-order chi connectivity index (χ1) is 11.3. The molecule has 1 fully saturated rings. The molecule has 2 aromatic rings. The Morgan fingerprint density at radius 2 is 2.09 bits per heavy atom. The summed E-state index contributed by atoms with van der Waals surface area (Å²) in [5.41, 5.74) is 2.13. The number of rotatable bonds is 4. The fourth-order valence-corrected chi connectivity index (χ4v) is 3.59. The van der Waals surface area contributed by atoms with Crippen LogP contribution >= 0.6 is 0 Å². The molecule has 2 aliphatic heterocycles. The van der Waals surface area contributed by atoms with Gasteiger partial charge < -0.3 is 4.84 Å². The zero-order valence-electron chi connectivity index (χ0n) is 13.6. The summed E-state index contributed by atoms with van der Waals surface area (Å²) in [7, 11) is 0. The maximum Gasteiger partial charge on any atom is 0.160 e. The van der Waals surface area contributed by atoms with E-state index in [-0.39, 0.29) is 6.10 Å². The topological polar surface area (TPSA) is 55.0 Å². The summed E-state index contributed by atoms with van der Waals surface area (Å²) in [6.45, 7) is 5.31. The maximum atomic E-state index is 5.54. The molecule has 0 unspecified atom stereocenters. The lowest BCUT2D eigenvalue weighted by Gasteiger charge is -2.32. The van der Waals surface area contributed by atoms with Crippen molar-refractivity contribution in [1.29, 1.82) is 0 Å². The van der Waals surface area contributed by atoms with Crippen molar-refractivity contribution in [2.24, 2.45) is 5.16 Å². The minimum Gasteiger partial charge on any atom is -0.391 e. The van der Waals surface area contributed by atoms with Gasteiger partial charge in [0.1, 0.15) is 11.9 Å². The van der Waals surface area contributed by atoms with E-state index < -0.39 is 0 Å². The van der Waals surface area contributed by atoms with Gasteiger partial charge in [-0.15, -0.1) is 10.2 Å². The van der Waals surface area contributed by atoms with Gasteiger partial charge in [-0.2, -0.15) is 0 Å². The minimum absolute atomic E-state index is 0.246. The van der Waals surface area contributed by atoms with Crippen LogP contribution in [-0.2, 0) is 4.84 Å². The van der Waals surface area contributed by atoms with Crippen LogP contribution in [0.3, 0.4) is 0 Å². The molecule has 2 aliphatic rings. The molecule has 0 saturated carbocycles. The SMILES string of the molecule is CCC1=NO[C@H](CN2CCC(c3nnc4ccccn34)CC2)C1. The highest BCUT2D eigenvalue weighted by atomic mass is 16.6. The smallest absolute Gasteiger partial charge is 0.160 e. The molecule has 0 aromatic carbocycles. The summed E-state index contributed by atoms with van der Waals surface area (Å²) in [6.07, 6.45) is 6.56. The molecule has 1 saturated heterocycles. The normalized spacial score (nSPS) is 23.2. The molecule has 4 rings (SSSR count). The zero-order chi connectivity index (χ0) is 15.6. The fraction of sp³-hybridized carbons (Fsp3) is 0.588. The molecule has 1 atom stereocenters. The van der Waals surface area contributed by atoms with Gasteiger partial charge in [-0.3, -0.25) is 9.30 Å². The monoisotopic (exact) mass is 313 g/mol. The summed E-state index contributed by atoms with van der Waals surface area (Å²) in [5.74, 6) is 1.60. The molecule has 2 aromatic heterocycles. The molecular weight excluding hydrogens is 290 g/mol. The standard InChI is InChI=1S/C17H23N5O/c1-2-14-11-15(23-20-14)12-21-9-6-13(7-10-21)17-19-18-16-5-3-4-8-22(16)17/h3-5,8,13,15H,2,6-7,9-12H2,1H3/t15-/m0/s1. The third-order valence-electron chi connectivity index (χ3n) is 4.96. The largest absolute Gasteiger partial charge is 0.391 e. The van der Waals surface area contributed by atoms with Crippen molar-refractivity contribution in [2.75, 3.05) is 19.6 Å². The molecule has 0 spiro atoms. The fourth-order valence-electron chi connectivity index (χ4n) is 3.59. The summed E-state index contributed by atoms with van der Waals surface area (Å²) in [5, 5.41) is 12.9. The van der Waals surface area contributed by atoms with Crippen LogP contribution < -0.4 is 0 Å². The molecule has 0 radical (unpaired) electrons. The molecule has 4 heterocycles. The van der Waals surface area contributed by atoms with Crippen LogP contribution in [0.25, 0.3) is 5.65 Å². The molecule has 122 valence electrons. The van der Waals surface area contributed by atoms with Gasteiger partial charge in [-0.25, -0.2) is 0 Å². The van der Waals surface area contributed by atoms with Gasteiger partial charge >= 0.3 is 0 Å². The van der Waals surface area contributed by atoms with Crippen LogP contribution in [0.15, 0.2) is 29.6 Å². The van der Waals surface area contributed by atoms with Gasteiger partial charge in [0.2, 0.25) is 0 Å². The zero-order valence-corrected chi connectivity index (χ0v) is 13.6. The van der Waals surface area contributed by atoms with Crippen molar-refractivity contribution in [1.82, 2.24) is 19.5 Å². The molecule has 0 amide bonds. The molecule has 6 nitrogen and oxygen atoms in total. The van der Waals surface area contributed by atoms with Crippen molar-refractivity contribution in [3.63, 3.8) is 0 Å². The van der Waals surface area contributed by atoms with Crippen molar-refractivity contribution in [2.45, 2.75) is 44.6 Å². The Morgan fingerprint density at radius 1 is 1.22 bits per heavy atom. The van der Waals surface area contributed by atoms with Crippen LogP contribution in [0.5, 0.6) is 0 Å². The van der Waals surface area contributed by atoms with Gasteiger partial charge in [0.05, 0.1) is 5.71 Å². The first kappa shape index (κ1) is 14.6. The Bertz CT molecular complexity index is 702. The Hall–Kier alpha value is -1.95. The van der Waals surface area contributed by atoms with E-state index in [0.717, 1.165) is 56.8 Å². The van der Waals surface area contributed by atoms with Gasteiger partial charge in [-0.05, 0) is 44.5 Å². The van der Waals surface area contributed by atoms with E-state index in [4.69, 9.17) is 4.84 Å². The number of oxime groups is 1. The number of nitrogens with zero attached hydrogens (tertiary/aromatic N) is 5. The highest BCUT2D eigenvalue weighted by molar-refractivity contribution is 5.85. The first-order valence-electron chi connectivity index (χ1n) is 8.57. The van der Waals surface area contributed by atoms with Crippen LogP contribution in [0, 0.1) is 0 Å². The summed E-state index contributed by atoms with van der Waals surface area (Å²) in [6, 6.07) is 6.05. The average Bonchev–Trinajstić information content (AvgIpc) is 3.22. The molecule has 0 aliphatic carbocycles. The van der Waals surface area contributed by atoms with E-state index in [1.807, 2.05) is 18.2 Å². The van der Waals surface area contributed by atoms with Crippen molar-refractivity contribution >= 4 is 11.4 Å². The predicted molar refractivity (Wildman–Crippen MR) is 88.6 cm³/mol. The van der Waals surface area contributed by atoms with Crippen molar-refractivity contribution in [3.8, 4) is 0 Å². The van der Waals surface area contributed by atoms with E-state index >= 15 is 0 Å². The van der Waals surface area contributed by atoms with E-state index in [2.05, 4.69) is 37.8 Å². The van der Waals surface area contributed by atoms with Crippen LogP contribution in [0.2, 0.25) is 0 Å². The lowest BCUT2D eigenvalue weighted by Crippen LogP contribution is -2.38. The summed E-state index contributed by atoms with van der Waals surface area (Å²) in [4.78, 5) is 8.03. The first-order valence-corrected chi connectivity index (χ1v) is 8.57. The second-order valence-corrected chi connectivity index (χ2v) is 6.50. The Balaban J connectivity index is 1.34. The van der Waals surface area contributed by atoms with Gasteiger partial charge in [0, 0.05) is 25.1 Å².